The van der Waals surface area contributed by atoms with Gasteiger partial charge >= 0.3 is 0 Å². The van der Waals surface area contributed by atoms with Crippen molar-refractivity contribution in [2.75, 3.05) is 59.0 Å². The number of non-ortho nitro benzene ring substituents is 1. The highest BCUT2D eigenvalue weighted by atomic mass is 16.6. The van der Waals surface area contributed by atoms with Crippen molar-refractivity contribution in [3.8, 4) is 0 Å². The van der Waals surface area contributed by atoms with Crippen LogP contribution in [-0.4, -0.2) is 85.6 Å². The second-order valence-electron chi connectivity index (χ2n) is 7.73. The minimum Gasteiger partial charge on any atom is -0.379 e. The molecular formula is C21H32N6O4. The first-order valence-corrected chi connectivity index (χ1v) is 11.0. The van der Waals surface area contributed by atoms with Crippen LogP contribution in [0.2, 0.25) is 0 Å². The normalized spacial score (nSPS) is 17.7. The van der Waals surface area contributed by atoms with Crippen LogP contribution in [0, 0.1) is 10.1 Å². The molecule has 170 valence electrons. The van der Waals surface area contributed by atoms with Crippen LogP contribution in [0.1, 0.15) is 24.8 Å². The fourth-order valence-corrected chi connectivity index (χ4v) is 3.64. The number of carbonyl (C=O) groups is 1. The predicted octanol–water partition coefficient (Wildman–Crippen LogP) is 0.975. The van der Waals surface area contributed by atoms with Crippen LogP contribution in [0.3, 0.4) is 0 Å². The second-order valence-corrected chi connectivity index (χ2v) is 7.73. The maximum atomic E-state index is 11.7. The maximum Gasteiger partial charge on any atom is 0.269 e. The number of carbonyl (C=O) groups excluding carboxylic acids is 1. The smallest absolute Gasteiger partial charge is 0.269 e. The Morgan fingerprint density at radius 1 is 1.10 bits per heavy atom. The first-order chi connectivity index (χ1) is 15.1. The van der Waals surface area contributed by atoms with Gasteiger partial charge in [0.15, 0.2) is 5.96 Å². The molecule has 0 unspecified atom stereocenters. The van der Waals surface area contributed by atoms with Crippen LogP contribution >= 0.6 is 0 Å². The minimum atomic E-state index is -0.404. The molecule has 2 aliphatic rings. The highest BCUT2D eigenvalue weighted by Crippen LogP contribution is 2.12. The van der Waals surface area contributed by atoms with E-state index < -0.39 is 4.92 Å². The van der Waals surface area contributed by atoms with Crippen molar-refractivity contribution in [3.63, 3.8) is 0 Å². The van der Waals surface area contributed by atoms with Crippen molar-refractivity contribution in [3.05, 3.63) is 39.9 Å². The van der Waals surface area contributed by atoms with Gasteiger partial charge in [-0.2, -0.15) is 0 Å². The molecule has 0 aromatic heterocycles. The summed E-state index contributed by atoms with van der Waals surface area (Å²) in [6.45, 7) is 7.85. The zero-order valence-corrected chi connectivity index (χ0v) is 17.9. The van der Waals surface area contributed by atoms with E-state index in [1.165, 1.54) is 12.1 Å². The number of nitrogens with one attached hydrogen (secondary N) is 2. The second kappa shape index (κ2) is 12.2. The Kier molecular flexibility index (Phi) is 9.04. The third-order valence-electron chi connectivity index (χ3n) is 5.46. The van der Waals surface area contributed by atoms with Crippen molar-refractivity contribution in [1.29, 1.82) is 0 Å². The number of nitro benzene ring substituents is 1. The van der Waals surface area contributed by atoms with Crippen LogP contribution in [0.25, 0.3) is 0 Å². The van der Waals surface area contributed by atoms with Crippen LogP contribution in [0.15, 0.2) is 29.3 Å². The summed E-state index contributed by atoms with van der Waals surface area (Å²) in [7, 11) is 0. The maximum absolute atomic E-state index is 11.7. The first-order valence-electron chi connectivity index (χ1n) is 11.0. The molecule has 0 aliphatic carbocycles. The van der Waals surface area contributed by atoms with E-state index in [9.17, 15) is 14.9 Å². The van der Waals surface area contributed by atoms with Crippen molar-refractivity contribution in [2.45, 2.75) is 25.8 Å². The molecule has 1 aromatic carbocycles. The Morgan fingerprint density at radius 2 is 1.84 bits per heavy atom. The molecule has 2 N–H and O–H groups in total. The van der Waals surface area contributed by atoms with Crippen LogP contribution < -0.4 is 10.6 Å². The molecule has 2 fully saturated rings. The van der Waals surface area contributed by atoms with E-state index in [0.29, 0.717) is 25.5 Å². The van der Waals surface area contributed by atoms with E-state index >= 15 is 0 Å². The monoisotopic (exact) mass is 432 g/mol. The standard InChI is InChI=1S/C21H32N6O4/c28-20-3-1-10-26(20)11-2-8-22-21(23-9-12-25-13-15-31-16-14-25)24-17-18-4-6-19(7-5-18)27(29)30/h4-7H,1-3,8-17H2,(H2,22,23,24). The number of nitro groups is 1. The fraction of sp³-hybridized carbons (Fsp3) is 0.619. The lowest BCUT2D eigenvalue weighted by atomic mass is 10.2. The fourth-order valence-electron chi connectivity index (χ4n) is 3.64. The number of rotatable bonds is 10. The molecule has 2 saturated heterocycles. The van der Waals surface area contributed by atoms with E-state index in [-0.39, 0.29) is 11.6 Å². The number of ether oxygens (including phenoxy) is 1. The lowest BCUT2D eigenvalue weighted by molar-refractivity contribution is -0.384. The van der Waals surface area contributed by atoms with Gasteiger partial charge < -0.3 is 20.3 Å². The van der Waals surface area contributed by atoms with Gasteiger partial charge in [-0.15, -0.1) is 0 Å². The topological polar surface area (TPSA) is 112 Å². The molecule has 2 heterocycles. The Hall–Kier alpha value is -2.72. The van der Waals surface area contributed by atoms with Crippen molar-refractivity contribution >= 4 is 17.6 Å². The third-order valence-corrected chi connectivity index (χ3v) is 5.46. The molecule has 0 atom stereocenters. The molecule has 0 saturated carbocycles. The van der Waals surface area contributed by atoms with E-state index in [4.69, 9.17) is 4.74 Å². The Labute approximate surface area is 182 Å². The number of likely N-dealkylation sites (tertiary alicyclic amines) is 1. The van der Waals surface area contributed by atoms with Gasteiger partial charge in [0.1, 0.15) is 0 Å². The molecule has 0 bridgehead atoms. The zero-order valence-electron chi connectivity index (χ0n) is 17.9. The van der Waals surface area contributed by atoms with Crippen molar-refractivity contribution in [1.82, 2.24) is 20.4 Å². The van der Waals surface area contributed by atoms with Gasteiger partial charge in [0.25, 0.3) is 5.69 Å². The SMILES string of the molecule is O=C1CCCN1CCCNC(=NCc1ccc([N+](=O)[O-])cc1)NCCN1CCOCC1. The molecule has 2 aliphatic heterocycles. The molecule has 0 radical (unpaired) electrons. The van der Waals surface area contributed by atoms with Crippen LogP contribution in [-0.2, 0) is 16.1 Å². The van der Waals surface area contributed by atoms with Gasteiger partial charge in [0, 0.05) is 64.4 Å². The van der Waals surface area contributed by atoms with E-state index in [1.807, 2.05) is 4.90 Å². The predicted molar refractivity (Wildman–Crippen MR) is 118 cm³/mol. The Balaban J connectivity index is 1.48. The first kappa shape index (κ1) is 23.0. The van der Waals surface area contributed by atoms with Crippen LogP contribution in [0.4, 0.5) is 5.69 Å². The molecule has 10 nitrogen and oxygen atoms in total. The highest BCUT2D eigenvalue weighted by molar-refractivity contribution is 5.80. The minimum absolute atomic E-state index is 0.0752. The highest BCUT2D eigenvalue weighted by Gasteiger charge is 2.19. The summed E-state index contributed by atoms with van der Waals surface area (Å²) in [5, 5.41) is 17.5. The summed E-state index contributed by atoms with van der Waals surface area (Å²) in [5.41, 5.74) is 0.980. The summed E-state index contributed by atoms with van der Waals surface area (Å²) < 4.78 is 5.38. The van der Waals surface area contributed by atoms with Gasteiger partial charge in [-0.3, -0.25) is 19.8 Å². The molecule has 0 spiro atoms. The number of hydrogen-bond acceptors (Lipinski definition) is 6. The molecule has 10 heteroatoms. The number of aliphatic imine (C=N–C) groups is 1. The Bertz CT molecular complexity index is 749. The lowest BCUT2D eigenvalue weighted by Gasteiger charge is -2.26. The molecular weight excluding hydrogens is 400 g/mol. The number of morpholine rings is 1. The Morgan fingerprint density at radius 3 is 2.52 bits per heavy atom. The van der Waals surface area contributed by atoms with Gasteiger partial charge in [-0.05, 0) is 18.4 Å². The molecule has 3 rings (SSSR count). The van der Waals surface area contributed by atoms with Gasteiger partial charge in [-0.1, -0.05) is 12.1 Å². The number of amides is 1. The van der Waals surface area contributed by atoms with Crippen molar-refractivity contribution in [2.24, 2.45) is 4.99 Å². The summed E-state index contributed by atoms with van der Waals surface area (Å²) >= 11 is 0. The lowest BCUT2D eigenvalue weighted by Crippen LogP contribution is -2.45. The summed E-state index contributed by atoms with van der Waals surface area (Å²) in [6.07, 6.45) is 2.48. The van der Waals surface area contributed by atoms with E-state index in [2.05, 4.69) is 20.5 Å². The van der Waals surface area contributed by atoms with E-state index in [0.717, 1.165) is 70.9 Å². The average Bonchev–Trinajstić information content (AvgIpc) is 3.20. The zero-order chi connectivity index (χ0) is 21.9. The summed E-state index contributed by atoms with van der Waals surface area (Å²) in [5.74, 6) is 0.954. The molecule has 31 heavy (non-hydrogen) atoms. The summed E-state index contributed by atoms with van der Waals surface area (Å²) in [4.78, 5) is 31.0. The average molecular weight is 433 g/mol. The van der Waals surface area contributed by atoms with E-state index in [1.54, 1.807) is 12.1 Å². The number of nitrogens with zero attached hydrogens (tertiary/aromatic N) is 4. The number of guanidine groups is 1. The summed E-state index contributed by atoms with van der Waals surface area (Å²) in [6, 6.07) is 6.45. The molecule has 1 amide bonds. The number of benzene rings is 1. The quantitative estimate of drug-likeness (QED) is 0.186. The third kappa shape index (κ3) is 7.80. The van der Waals surface area contributed by atoms with Gasteiger partial charge in [-0.25, -0.2) is 4.99 Å². The largest absolute Gasteiger partial charge is 0.379 e. The number of hydrogen-bond donors (Lipinski definition) is 2. The van der Waals surface area contributed by atoms with Crippen molar-refractivity contribution < 1.29 is 14.5 Å². The van der Waals surface area contributed by atoms with Gasteiger partial charge in [0.2, 0.25) is 5.91 Å². The van der Waals surface area contributed by atoms with Crippen LogP contribution in [0.5, 0.6) is 0 Å². The molecule has 1 aromatic rings. The van der Waals surface area contributed by atoms with Gasteiger partial charge in [0.05, 0.1) is 24.7 Å².